The molecule has 1 atom stereocenters. The molecule has 1 heterocycles. The predicted molar refractivity (Wildman–Crippen MR) is 84.0 cm³/mol. The topological polar surface area (TPSA) is 75.4 Å². The second-order valence-electron chi connectivity index (χ2n) is 5.04. The van der Waals surface area contributed by atoms with E-state index in [0.29, 0.717) is 0 Å². The number of benzene rings is 1. The van der Waals surface area contributed by atoms with E-state index in [-0.39, 0.29) is 16.6 Å². The molecule has 20 heavy (non-hydrogen) atoms. The largest absolute Gasteiger partial charge is 0.398 e. The average molecular weight is 362 g/mol. The SMILES string of the molecule is CCN1CCCC(NS(=O)(=O)c2ccc(Br)cc2N)C1. The van der Waals surface area contributed by atoms with Crippen molar-refractivity contribution in [3.05, 3.63) is 22.7 Å². The quantitative estimate of drug-likeness (QED) is 0.801. The molecule has 0 amide bonds. The molecule has 112 valence electrons. The maximum absolute atomic E-state index is 12.4. The summed E-state index contributed by atoms with van der Waals surface area (Å²) in [4.78, 5) is 2.40. The zero-order chi connectivity index (χ0) is 14.8. The first kappa shape index (κ1) is 15.8. The molecule has 0 aliphatic carbocycles. The van der Waals surface area contributed by atoms with E-state index in [9.17, 15) is 8.42 Å². The first-order valence-electron chi connectivity index (χ1n) is 6.72. The fraction of sp³-hybridized carbons (Fsp3) is 0.538. The molecule has 5 nitrogen and oxygen atoms in total. The number of nitrogens with zero attached hydrogens (tertiary/aromatic N) is 1. The molecule has 0 aromatic heterocycles. The monoisotopic (exact) mass is 361 g/mol. The van der Waals surface area contributed by atoms with Gasteiger partial charge >= 0.3 is 0 Å². The van der Waals surface area contributed by atoms with E-state index < -0.39 is 10.0 Å². The Balaban J connectivity index is 2.14. The van der Waals surface area contributed by atoms with Gasteiger partial charge in [0.1, 0.15) is 4.90 Å². The zero-order valence-electron chi connectivity index (χ0n) is 11.5. The van der Waals surface area contributed by atoms with Gasteiger partial charge in [0.25, 0.3) is 0 Å². The summed E-state index contributed by atoms with van der Waals surface area (Å²) in [5.74, 6) is 0. The number of likely N-dealkylation sites (tertiary alicyclic amines) is 1. The molecule has 0 radical (unpaired) electrons. The summed E-state index contributed by atoms with van der Waals surface area (Å²) < 4.78 is 28.3. The van der Waals surface area contributed by atoms with Gasteiger partial charge in [-0.15, -0.1) is 0 Å². The van der Waals surface area contributed by atoms with Crippen molar-refractivity contribution in [3.63, 3.8) is 0 Å². The van der Waals surface area contributed by atoms with Crippen LogP contribution in [0.1, 0.15) is 19.8 Å². The van der Waals surface area contributed by atoms with Gasteiger partial charge < -0.3 is 10.6 Å². The van der Waals surface area contributed by atoms with Crippen LogP contribution in [0, 0.1) is 0 Å². The Morgan fingerprint density at radius 1 is 1.50 bits per heavy atom. The lowest BCUT2D eigenvalue weighted by atomic mass is 10.1. The van der Waals surface area contributed by atoms with E-state index in [1.807, 2.05) is 0 Å². The van der Waals surface area contributed by atoms with E-state index in [4.69, 9.17) is 5.73 Å². The number of likely N-dealkylation sites (N-methyl/N-ethyl adjacent to an activating group) is 1. The Bertz CT molecular complexity index is 577. The standard InChI is InChI=1S/C13H20BrN3O2S/c1-2-17-7-3-4-11(9-17)16-20(18,19)13-6-5-10(14)8-12(13)15/h5-6,8,11,16H,2-4,7,9,15H2,1H3. The Kier molecular flexibility index (Phi) is 5.06. The number of hydrogen-bond donors (Lipinski definition) is 2. The van der Waals surface area contributed by atoms with Crippen molar-refractivity contribution in [2.45, 2.75) is 30.7 Å². The van der Waals surface area contributed by atoms with E-state index in [1.54, 1.807) is 12.1 Å². The van der Waals surface area contributed by atoms with Gasteiger partial charge in [-0.05, 0) is 44.1 Å². The van der Waals surface area contributed by atoms with Crippen LogP contribution >= 0.6 is 15.9 Å². The molecule has 1 saturated heterocycles. The molecule has 1 aliphatic rings. The van der Waals surface area contributed by atoms with Crippen molar-refractivity contribution in [2.24, 2.45) is 0 Å². The summed E-state index contributed by atoms with van der Waals surface area (Å²) in [6, 6.07) is 4.77. The van der Waals surface area contributed by atoms with Gasteiger partial charge in [-0.25, -0.2) is 13.1 Å². The molecular weight excluding hydrogens is 342 g/mol. The highest BCUT2D eigenvalue weighted by atomic mass is 79.9. The number of nitrogens with two attached hydrogens (primary N) is 1. The molecule has 2 rings (SSSR count). The molecule has 1 aliphatic heterocycles. The number of halogens is 1. The Labute approximate surface area is 128 Å². The number of anilines is 1. The molecule has 1 aromatic rings. The average Bonchev–Trinajstić information content (AvgIpc) is 2.37. The Morgan fingerprint density at radius 3 is 2.90 bits per heavy atom. The number of piperidine rings is 1. The van der Waals surface area contributed by atoms with Gasteiger partial charge in [-0.3, -0.25) is 0 Å². The first-order chi connectivity index (χ1) is 9.42. The maximum atomic E-state index is 12.4. The summed E-state index contributed by atoms with van der Waals surface area (Å²) >= 11 is 3.28. The minimum Gasteiger partial charge on any atom is -0.398 e. The van der Waals surface area contributed by atoms with Crippen molar-refractivity contribution in [1.82, 2.24) is 9.62 Å². The third-order valence-corrected chi connectivity index (χ3v) is 5.62. The lowest BCUT2D eigenvalue weighted by molar-refractivity contribution is 0.211. The molecule has 3 N–H and O–H groups in total. The van der Waals surface area contributed by atoms with Gasteiger partial charge in [0, 0.05) is 17.1 Å². The van der Waals surface area contributed by atoms with Gasteiger partial charge in [-0.2, -0.15) is 0 Å². The van der Waals surface area contributed by atoms with E-state index in [0.717, 1.165) is 36.9 Å². The smallest absolute Gasteiger partial charge is 0.242 e. The van der Waals surface area contributed by atoms with Crippen LogP contribution < -0.4 is 10.5 Å². The Morgan fingerprint density at radius 2 is 2.25 bits per heavy atom. The van der Waals surface area contributed by atoms with Crippen LogP contribution in [0.15, 0.2) is 27.6 Å². The molecule has 7 heteroatoms. The fourth-order valence-corrected chi connectivity index (χ4v) is 4.24. The lowest BCUT2D eigenvalue weighted by Gasteiger charge is -2.32. The van der Waals surface area contributed by atoms with E-state index >= 15 is 0 Å². The van der Waals surface area contributed by atoms with Crippen LogP contribution in [-0.4, -0.2) is 39.0 Å². The van der Waals surface area contributed by atoms with Crippen LogP contribution in [0.2, 0.25) is 0 Å². The summed E-state index contributed by atoms with van der Waals surface area (Å²) in [5.41, 5.74) is 6.07. The minimum atomic E-state index is -3.56. The third kappa shape index (κ3) is 3.72. The maximum Gasteiger partial charge on any atom is 0.242 e. The predicted octanol–water partition coefficient (Wildman–Crippen LogP) is 1.79. The van der Waals surface area contributed by atoms with Crippen LogP contribution in [0.25, 0.3) is 0 Å². The minimum absolute atomic E-state index is 0.0447. The fourth-order valence-electron chi connectivity index (χ4n) is 2.49. The van der Waals surface area contributed by atoms with Crippen molar-refractivity contribution in [3.8, 4) is 0 Å². The van der Waals surface area contributed by atoms with Crippen molar-refractivity contribution >= 4 is 31.6 Å². The van der Waals surface area contributed by atoms with Gasteiger partial charge in [-0.1, -0.05) is 22.9 Å². The lowest BCUT2D eigenvalue weighted by Crippen LogP contribution is -2.47. The second-order valence-corrected chi connectivity index (χ2v) is 7.63. The number of hydrogen-bond acceptors (Lipinski definition) is 4. The van der Waals surface area contributed by atoms with Gasteiger partial charge in [0.2, 0.25) is 10.0 Å². The number of sulfonamides is 1. The van der Waals surface area contributed by atoms with Crippen LogP contribution in [0.4, 0.5) is 5.69 Å². The number of nitrogen functional groups attached to an aromatic ring is 1. The van der Waals surface area contributed by atoms with Crippen molar-refractivity contribution < 1.29 is 8.42 Å². The second kappa shape index (κ2) is 6.43. The van der Waals surface area contributed by atoms with E-state index in [1.165, 1.54) is 6.07 Å². The molecule has 1 fully saturated rings. The van der Waals surface area contributed by atoms with Gasteiger partial charge in [0.15, 0.2) is 0 Å². The number of rotatable bonds is 4. The highest BCUT2D eigenvalue weighted by molar-refractivity contribution is 9.10. The molecule has 1 aromatic carbocycles. The van der Waals surface area contributed by atoms with Gasteiger partial charge in [0.05, 0.1) is 5.69 Å². The van der Waals surface area contributed by atoms with Crippen LogP contribution in [0.3, 0.4) is 0 Å². The number of nitrogens with one attached hydrogen (secondary N) is 1. The molecule has 0 saturated carbocycles. The molecule has 0 bridgehead atoms. The Hall–Kier alpha value is -0.630. The van der Waals surface area contributed by atoms with Crippen LogP contribution in [0.5, 0.6) is 0 Å². The van der Waals surface area contributed by atoms with Crippen LogP contribution in [-0.2, 0) is 10.0 Å². The molecule has 0 spiro atoms. The summed E-state index contributed by atoms with van der Waals surface area (Å²) in [6.45, 7) is 4.82. The highest BCUT2D eigenvalue weighted by Crippen LogP contribution is 2.23. The van der Waals surface area contributed by atoms with Crippen molar-refractivity contribution in [1.29, 1.82) is 0 Å². The van der Waals surface area contributed by atoms with Crippen molar-refractivity contribution in [2.75, 3.05) is 25.4 Å². The van der Waals surface area contributed by atoms with E-state index in [2.05, 4.69) is 32.5 Å². The first-order valence-corrected chi connectivity index (χ1v) is 8.99. The molecular formula is C13H20BrN3O2S. The highest BCUT2D eigenvalue weighted by Gasteiger charge is 2.25. The third-order valence-electron chi connectivity index (χ3n) is 3.54. The summed E-state index contributed by atoms with van der Waals surface area (Å²) in [6.07, 6.45) is 1.88. The normalized spacial score (nSPS) is 21.0. The molecule has 1 unspecified atom stereocenters. The summed E-state index contributed by atoms with van der Waals surface area (Å²) in [5, 5.41) is 0. The summed E-state index contributed by atoms with van der Waals surface area (Å²) in [7, 11) is -3.56. The zero-order valence-corrected chi connectivity index (χ0v) is 13.9.